The number of hydrogen-bond acceptors (Lipinski definition) is 6. The van der Waals surface area contributed by atoms with Crippen molar-refractivity contribution in [3.8, 4) is 17.2 Å². The largest absolute Gasteiger partial charge is 0.494 e. The summed E-state index contributed by atoms with van der Waals surface area (Å²) in [7, 11) is 0. The molecule has 0 radical (unpaired) electrons. The maximum absolute atomic E-state index is 12.8. The van der Waals surface area contributed by atoms with Crippen molar-refractivity contribution in [1.29, 1.82) is 0 Å². The number of rotatable bonds is 9. The molecule has 0 saturated carbocycles. The van der Waals surface area contributed by atoms with Crippen molar-refractivity contribution in [2.75, 3.05) is 26.4 Å². The summed E-state index contributed by atoms with van der Waals surface area (Å²) in [6.07, 6.45) is 0. The standard InChI is InChI=1S/C24H27NO6/c1-5-28-18-10-8-17(9-11-18)25-16(4)23(24(27)30-7-3)20-14-19(12-13-21(20)25)31-15-22(26)29-6-2/h8-14H,5-7,15H2,1-4H3. The summed E-state index contributed by atoms with van der Waals surface area (Å²) < 4.78 is 23.3. The lowest BCUT2D eigenvalue weighted by Gasteiger charge is -2.11. The van der Waals surface area contributed by atoms with Gasteiger partial charge in [-0.25, -0.2) is 9.59 Å². The van der Waals surface area contributed by atoms with Gasteiger partial charge in [0.25, 0.3) is 0 Å². The van der Waals surface area contributed by atoms with E-state index in [1.54, 1.807) is 26.0 Å². The number of ether oxygens (including phenoxy) is 4. The van der Waals surface area contributed by atoms with Crippen molar-refractivity contribution in [1.82, 2.24) is 4.57 Å². The second kappa shape index (κ2) is 10.0. The Balaban J connectivity index is 2.07. The molecule has 31 heavy (non-hydrogen) atoms. The summed E-state index contributed by atoms with van der Waals surface area (Å²) in [5, 5.41) is 0.686. The van der Waals surface area contributed by atoms with Gasteiger partial charge in [-0.05, 0) is 70.2 Å². The fourth-order valence-corrected chi connectivity index (χ4v) is 3.48. The maximum atomic E-state index is 12.8. The van der Waals surface area contributed by atoms with Crippen molar-refractivity contribution in [2.24, 2.45) is 0 Å². The lowest BCUT2D eigenvalue weighted by atomic mass is 10.1. The zero-order valence-electron chi connectivity index (χ0n) is 18.3. The van der Waals surface area contributed by atoms with Gasteiger partial charge in [0, 0.05) is 16.8 Å². The first-order valence-corrected chi connectivity index (χ1v) is 10.3. The number of hydrogen-bond donors (Lipinski definition) is 0. The van der Waals surface area contributed by atoms with Crippen LogP contribution in [0.5, 0.6) is 11.5 Å². The lowest BCUT2D eigenvalue weighted by Crippen LogP contribution is -2.14. The van der Waals surface area contributed by atoms with Crippen molar-refractivity contribution in [2.45, 2.75) is 27.7 Å². The van der Waals surface area contributed by atoms with Crippen LogP contribution in [0.1, 0.15) is 36.8 Å². The Morgan fingerprint density at radius 1 is 0.839 bits per heavy atom. The quantitative estimate of drug-likeness (QED) is 0.471. The molecular weight excluding hydrogens is 398 g/mol. The van der Waals surface area contributed by atoms with E-state index in [9.17, 15) is 9.59 Å². The van der Waals surface area contributed by atoms with E-state index in [0.29, 0.717) is 29.9 Å². The summed E-state index contributed by atoms with van der Waals surface area (Å²) in [5.41, 5.74) is 2.93. The third-order valence-electron chi connectivity index (χ3n) is 4.72. The highest BCUT2D eigenvalue weighted by Gasteiger charge is 2.22. The maximum Gasteiger partial charge on any atom is 0.344 e. The zero-order chi connectivity index (χ0) is 22.4. The van der Waals surface area contributed by atoms with E-state index in [-0.39, 0.29) is 13.2 Å². The fourth-order valence-electron chi connectivity index (χ4n) is 3.48. The Kier molecular flexibility index (Phi) is 7.18. The topological polar surface area (TPSA) is 76.0 Å². The van der Waals surface area contributed by atoms with Crippen molar-refractivity contribution in [3.63, 3.8) is 0 Å². The monoisotopic (exact) mass is 425 g/mol. The van der Waals surface area contributed by atoms with Gasteiger partial charge >= 0.3 is 11.9 Å². The van der Waals surface area contributed by atoms with Gasteiger partial charge in [-0.3, -0.25) is 0 Å². The van der Waals surface area contributed by atoms with Gasteiger partial charge in [0.1, 0.15) is 11.5 Å². The van der Waals surface area contributed by atoms with Crippen molar-refractivity contribution >= 4 is 22.8 Å². The number of fused-ring (bicyclic) bond motifs is 1. The average Bonchev–Trinajstić information content (AvgIpc) is 3.04. The van der Waals surface area contributed by atoms with Crippen molar-refractivity contribution in [3.05, 3.63) is 53.7 Å². The molecule has 1 aromatic heterocycles. The van der Waals surface area contributed by atoms with Crippen LogP contribution in [-0.2, 0) is 14.3 Å². The van der Waals surface area contributed by atoms with Gasteiger partial charge in [-0.2, -0.15) is 0 Å². The van der Waals surface area contributed by atoms with Crippen LogP contribution < -0.4 is 9.47 Å². The van der Waals surface area contributed by atoms with Gasteiger partial charge in [-0.15, -0.1) is 0 Å². The molecule has 0 N–H and O–H groups in total. The Hall–Kier alpha value is -3.48. The van der Waals surface area contributed by atoms with Crippen LogP contribution in [0.3, 0.4) is 0 Å². The molecule has 0 atom stereocenters. The van der Waals surface area contributed by atoms with Gasteiger partial charge in [0.15, 0.2) is 6.61 Å². The van der Waals surface area contributed by atoms with Crippen LogP contribution in [0, 0.1) is 6.92 Å². The molecular formula is C24H27NO6. The molecule has 3 rings (SSSR count). The number of carbonyl (C=O) groups excluding carboxylic acids is 2. The highest BCUT2D eigenvalue weighted by Crippen LogP contribution is 2.33. The number of aromatic nitrogens is 1. The van der Waals surface area contributed by atoms with E-state index in [0.717, 1.165) is 22.6 Å². The van der Waals surface area contributed by atoms with Crippen LogP contribution in [0.25, 0.3) is 16.6 Å². The van der Waals surface area contributed by atoms with E-state index < -0.39 is 11.9 Å². The van der Waals surface area contributed by atoms with E-state index in [2.05, 4.69) is 0 Å². The van der Waals surface area contributed by atoms with Gasteiger partial charge in [-0.1, -0.05) is 0 Å². The summed E-state index contributed by atoms with van der Waals surface area (Å²) >= 11 is 0. The predicted octanol–water partition coefficient (Wildman–Crippen LogP) is 4.46. The molecule has 0 fully saturated rings. The van der Waals surface area contributed by atoms with Crippen LogP contribution >= 0.6 is 0 Å². The Bertz CT molecular complexity index is 1070. The second-order valence-electron chi connectivity index (χ2n) is 6.72. The summed E-state index contributed by atoms with van der Waals surface area (Å²) in [6, 6.07) is 13.0. The van der Waals surface area contributed by atoms with Crippen molar-refractivity contribution < 1.29 is 28.5 Å². The van der Waals surface area contributed by atoms with Gasteiger partial charge in [0.05, 0.1) is 30.9 Å². The molecule has 2 aromatic carbocycles. The Morgan fingerprint density at radius 2 is 1.52 bits per heavy atom. The highest BCUT2D eigenvalue weighted by atomic mass is 16.6. The van der Waals surface area contributed by atoms with Crippen LogP contribution in [0.4, 0.5) is 0 Å². The minimum Gasteiger partial charge on any atom is -0.494 e. The van der Waals surface area contributed by atoms with Gasteiger partial charge < -0.3 is 23.5 Å². The molecule has 0 aliphatic rings. The van der Waals surface area contributed by atoms with E-state index in [4.69, 9.17) is 18.9 Å². The average molecular weight is 425 g/mol. The van der Waals surface area contributed by atoms with Crippen LogP contribution in [-0.4, -0.2) is 42.9 Å². The molecule has 0 aliphatic heterocycles. The molecule has 0 unspecified atom stereocenters. The van der Waals surface area contributed by atoms with E-state index in [1.165, 1.54) is 0 Å². The lowest BCUT2D eigenvalue weighted by molar-refractivity contribution is -0.145. The third kappa shape index (κ3) is 4.82. The molecule has 0 saturated heterocycles. The summed E-state index contributed by atoms with van der Waals surface area (Å²) in [5.74, 6) is 0.393. The van der Waals surface area contributed by atoms with E-state index in [1.807, 2.05) is 48.7 Å². The first-order chi connectivity index (χ1) is 15.0. The zero-order valence-corrected chi connectivity index (χ0v) is 18.3. The SMILES string of the molecule is CCOC(=O)COc1ccc2c(c1)c(C(=O)OCC)c(C)n2-c1ccc(OCC)cc1. The summed E-state index contributed by atoms with van der Waals surface area (Å²) in [6.45, 7) is 8.27. The normalized spacial score (nSPS) is 10.7. The predicted molar refractivity (Wildman–Crippen MR) is 117 cm³/mol. The number of nitrogens with zero attached hydrogens (tertiary/aromatic N) is 1. The van der Waals surface area contributed by atoms with Crippen LogP contribution in [0.2, 0.25) is 0 Å². The third-order valence-corrected chi connectivity index (χ3v) is 4.72. The molecule has 0 amide bonds. The second-order valence-corrected chi connectivity index (χ2v) is 6.72. The number of benzene rings is 2. The smallest absolute Gasteiger partial charge is 0.344 e. The molecule has 3 aromatic rings. The minimum absolute atomic E-state index is 0.202. The summed E-state index contributed by atoms with van der Waals surface area (Å²) in [4.78, 5) is 24.4. The Labute approximate surface area is 181 Å². The van der Waals surface area contributed by atoms with E-state index >= 15 is 0 Å². The number of carbonyl (C=O) groups is 2. The molecule has 7 nitrogen and oxygen atoms in total. The first kappa shape index (κ1) is 22.2. The fraction of sp³-hybridized carbons (Fsp3) is 0.333. The van der Waals surface area contributed by atoms with Crippen LogP contribution in [0.15, 0.2) is 42.5 Å². The molecule has 0 bridgehead atoms. The molecule has 7 heteroatoms. The highest BCUT2D eigenvalue weighted by molar-refractivity contribution is 6.07. The minimum atomic E-state index is -0.448. The molecule has 0 spiro atoms. The van der Waals surface area contributed by atoms with Gasteiger partial charge in [0.2, 0.25) is 0 Å². The number of esters is 2. The Morgan fingerprint density at radius 3 is 2.16 bits per heavy atom. The molecule has 0 aliphatic carbocycles. The molecule has 1 heterocycles. The first-order valence-electron chi connectivity index (χ1n) is 10.3. The molecule has 164 valence electrons.